The van der Waals surface area contributed by atoms with E-state index in [2.05, 4.69) is 36.8 Å². The summed E-state index contributed by atoms with van der Waals surface area (Å²) < 4.78 is 5.26. The maximum atomic E-state index is 13.2. The van der Waals surface area contributed by atoms with Gasteiger partial charge in [0.05, 0.1) is 11.7 Å². The Bertz CT molecular complexity index is 1280. The largest absolute Gasteiger partial charge is 0.478 e. The molecule has 0 radical (unpaired) electrons. The molecular weight excluding hydrogens is 490 g/mol. The summed E-state index contributed by atoms with van der Waals surface area (Å²) in [5.41, 5.74) is -0.500. The fourth-order valence-electron chi connectivity index (χ4n) is 4.01. The molecule has 2 unspecified atom stereocenters. The van der Waals surface area contributed by atoms with Crippen molar-refractivity contribution in [2.75, 3.05) is 13.1 Å². The van der Waals surface area contributed by atoms with Gasteiger partial charge in [-0.3, -0.25) is 25.8 Å². The van der Waals surface area contributed by atoms with E-state index in [1.54, 1.807) is 48.7 Å². The molecule has 38 heavy (non-hydrogen) atoms. The highest BCUT2D eigenvalue weighted by Gasteiger charge is 2.42. The monoisotopic (exact) mass is 521 g/mol. The smallest absolute Gasteiger partial charge is 0.409 e. The van der Waals surface area contributed by atoms with Crippen molar-refractivity contribution >= 4 is 28.9 Å². The molecule has 2 aromatic carbocycles. The minimum Gasteiger partial charge on any atom is -0.478 e. The average Bonchev–Trinajstić information content (AvgIpc) is 3.41. The number of aromatic amines is 1. The number of carbonyl (C=O) groups excluding carboxylic acids is 2. The zero-order valence-corrected chi connectivity index (χ0v) is 20.7. The number of aromatic nitrogens is 2. The molecule has 12 heteroatoms. The molecule has 0 spiro atoms. The predicted octanol–water partition coefficient (Wildman–Crippen LogP) is 1.75. The van der Waals surface area contributed by atoms with Gasteiger partial charge in [-0.15, -0.1) is 0 Å². The minimum absolute atomic E-state index is 0.0490. The van der Waals surface area contributed by atoms with Crippen LogP contribution in [0.15, 0.2) is 67.0 Å². The van der Waals surface area contributed by atoms with Crippen molar-refractivity contribution in [3.05, 3.63) is 78.1 Å². The molecule has 1 aromatic heterocycles. The van der Waals surface area contributed by atoms with Crippen molar-refractivity contribution in [2.24, 2.45) is 0 Å². The second-order valence-corrected chi connectivity index (χ2v) is 8.84. The van der Waals surface area contributed by atoms with Crippen molar-refractivity contribution in [3.63, 3.8) is 0 Å². The SMILES string of the molecule is O=C(NC(CCCCNC1NC=CCN1)(NC(=O)c1ccc2cn[nH]c2c1)C(=O)O)OCc1ccccc1. The van der Waals surface area contributed by atoms with E-state index in [1.807, 2.05) is 18.3 Å². The predicted molar refractivity (Wildman–Crippen MR) is 140 cm³/mol. The summed E-state index contributed by atoms with van der Waals surface area (Å²) in [6, 6.07) is 13.8. The highest BCUT2D eigenvalue weighted by atomic mass is 16.5. The number of ether oxygens (including phenoxy) is 1. The van der Waals surface area contributed by atoms with Gasteiger partial charge in [0, 0.05) is 23.9 Å². The van der Waals surface area contributed by atoms with Crippen LogP contribution in [-0.4, -0.2) is 58.3 Å². The number of hydrogen-bond donors (Lipinski definition) is 7. The molecule has 0 fully saturated rings. The van der Waals surface area contributed by atoms with Gasteiger partial charge in [-0.2, -0.15) is 5.10 Å². The number of carboxylic acids is 1. The Balaban J connectivity index is 1.43. The van der Waals surface area contributed by atoms with Crippen LogP contribution in [0.1, 0.15) is 35.2 Å². The number of carboxylic acid groups (broad SMARTS) is 1. The Kier molecular flexibility index (Phi) is 8.90. The summed E-state index contributed by atoms with van der Waals surface area (Å²) in [4.78, 5) is 38.4. The van der Waals surface area contributed by atoms with E-state index in [0.29, 0.717) is 24.9 Å². The first-order chi connectivity index (χ1) is 18.4. The highest BCUT2D eigenvalue weighted by Crippen LogP contribution is 2.17. The second-order valence-electron chi connectivity index (χ2n) is 8.84. The first kappa shape index (κ1) is 26.6. The highest BCUT2D eigenvalue weighted by molar-refractivity contribution is 6.00. The van der Waals surface area contributed by atoms with Crippen LogP contribution in [0.25, 0.3) is 10.9 Å². The summed E-state index contributed by atoms with van der Waals surface area (Å²) in [6.07, 6.45) is 5.29. The van der Waals surface area contributed by atoms with Gasteiger partial charge in [0.15, 0.2) is 0 Å². The Morgan fingerprint density at radius 1 is 1.11 bits per heavy atom. The Morgan fingerprint density at radius 3 is 2.71 bits per heavy atom. The number of carbonyl (C=O) groups is 3. The van der Waals surface area contributed by atoms with Crippen LogP contribution >= 0.6 is 0 Å². The maximum absolute atomic E-state index is 13.2. The van der Waals surface area contributed by atoms with Crippen molar-refractivity contribution in [1.29, 1.82) is 0 Å². The van der Waals surface area contributed by atoms with Gasteiger partial charge < -0.3 is 20.5 Å². The van der Waals surface area contributed by atoms with Crippen molar-refractivity contribution in [2.45, 2.75) is 37.8 Å². The fourth-order valence-corrected chi connectivity index (χ4v) is 4.01. The summed E-state index contributed by atoms with van der Waals surface area (Å²) in [7, 11) is 0. The number of nitrogens with one attached hydrogen (secondary N) is 6. The van der Waals surface area contributed by atoms with E-state index in [1.165, 1.54) is 0 Å². The number of hydrogen-bond acceptors (Lipinski definition) is 8. The molecule has 2 amide bonds. The molecule has 12 nitrogen and oxygen atoms in total. The van der Waals surface area contributed by atoms with Crippen LogP contribution in [-0.2, 0) is 16.1 Å². The first-order valence-corrected chi connectivity index (χ1v) is 12.3. The number of unbranched alkanes of at least 4 members (excludes halogenated alkanes) is 1. The number of nitrogens with zero attached hydrogens (tertiary/aromatic N) is 1. The van der Waals surface area contributed by atoms with Gasteiger partial charge >= 0.3 is 12.1 Å². The average molecular weight is 522 g/mol. The molecule has 1 aliphatic rings. The second kappa shape index (κ2) is 12.7. The lowest BCUT2D eigenvalue weighted by molar-refractivity contribution is -0.146. The number of rotatable bonds is 12. The summed E-state index contributed by atoms with van der Waals surface area (Å²) >= 11 is 0. The van der Waals surface area contributed by atoms with Gasteiger partial charge in [-0.05, 0) is 43.3 Å². The standard InChI is InChI=1S/C26H31N7O5/c34-22(19-9-10-20-16-30-33-21(20)15-19)31-26(23(35)36,11-4-5-12-27-24-28-13-6-14-29-24)32-25(37)38-17-18-7-2-1-3-8-18/h1-3,6-10,13,15-16,24,27-29H,4-5,11-12,14,17H2,(H,30,33)(H,31,34)(H,32,37)(H,35,36). The van der Waals surface area contributed by atoms with Gasteiger partial charge in [-0.25, -0.2) is 9.59 Å². The Labute approximate surface area is 219 Å². The number of fused-ring (bicyclic) bond motifs is 1. The number of amides is 2. The van der Waals surface area contributed by atoms with Crippen LogP contribution in [0.4, 0.5) is 4.79 Å². The number of H-pyrrole nitrogens is 1. The first-order valence-electron chi connectivity index (χ1n) is 12.3. The lowest BCUT2D eigenvalue weighted by Crippen LogP contribution is -2.65. The summed E-state index contributed by atoms with van der Waals surface area (Å²) in [5.74, 6) is -2.06. The number of aliphatic carboxylic acids is 1. The Morgan fingerprint density at radius 2 is 1.95 bits per heavy atom. The number of benzene rings is 2. The molecule has 3 aromatic rings. The minimum atomic E-state index is -2.09. The molecule has 1 aliphatic heterocycles. The van der Waals surface area contributed by atoms with E-state index >= 15 is 0 Å². The molecule has 200 valence electrons. The third-order valence-electron chi connectivity index (χ3n) is 6.07. The third-order valence-corrected chi connectivity index (χ3v) is 6.07. The van der Waals surface area contributed by atoms with Crippen LogP contribution in [0, 0.1) is 0 Å². The zero-order chi connectivity index (χ0) is 26.8. The van der Waals surface area contributed by atoms with Crippen molar-refractivity contribution in [3.8, 4) is 0 Å². The van der Waals surface area contributed by atoms with E-state index in [0.717, 1.165) is 17.5 Å². The van der Waals surface area contributed by atoms with Crippen molar-refractivity contribution in [1.82, 2.24) is 36.8 Å². The molecule has 4 rings (SSSR count). The van der Waals surface area contributed by atoms with Gasteiger partial charge in [-0.1, -0.05) is 42.5 Å². The van der Waals surface area contributed by atoms with E-state index < -0.39 is 23.6 Å². The zero-order valence-electron chi connectivity index (χ0n) is 20.7. The normalized spacial score (nSPS) is 16.3. The lowest BCUT2D eigenvalue weighted by Gasteiger charge is -2.31. The molecule has 2 atom stereocenters. The van der Waals surface area contributed by atoms with Gasteiger partial charge in [0.2, 0.25) is 5.66 Å². The van der Waals surface area contributed by atoms with E-state index in [-0.39, 0.29) is 24.9 Å². The summed E-state index contributed by atoms with van der Waals surface area (Å²) in [5, 5.41) is 32.3. The van der Waals surface area contributed by atoms with Gasteiger partial charge in [0.1, 0.15) is 12.9 Å². The van der Waals surface area contributed by atoms with Crippen LogP contribution in [0.2, 0.25) is 0 Å². The third kappa shape index (κ3) is 7.08. The Hall–Kier alpha value is -4.42. The maximum Gasteiger partial charge on any atom is 0.409 e. The van der Waals surface area contributed by atoms with Crippen LogP contribution in [0.3, 0.4) is 0 Å². The molecule has 7 N–H and O–H groups in total. The quantitative estimate of drug-likeness (QED) is 0.139. The molecule has 2 heterocycles. The lowest BCUT2D eigenvalue weighted by atomic mass is 10.0. The summed E-state index contributed by atoms with van der Waals surface area (Å²) in [6.45, 7) is 1.27. The molecule has 0 aliphatic carbocycles. The topological polar surface area (TPSA) is 169 Å². The molecule has 0 saturated carbocycles. The van der Waals surface area contributed by atoms with E-state index in [9.17, 15) is 19.5 Å². The van der Waals surface area contributed by atoms with Gasteiger partial charge in [0.25, 0.3) is 5.91 Å². The van der Waals surface area contributed by atoms with E-state index in [4.69, 9.17) is 4.74 Å². The molecular formula is C26H31N7O5. The fraction of sp³-hybridized carbons (Fsp3) is 0.308. The van der Waals surface area contributed by atoms with Crippen molar-refractivity contribution < 1.29 is 24.2 Å². The van der Waals surface area contributed by atoms with Crippen LogP contribution in [0.5, 0.6) is 0 Å². The molecule has 0 bridgehead atoms. The van der Waals surface area contributed by atoms with Crippen LogP contribution < -0.4 is 26.6 Å². The molecule has 0 saturated heterocycles. The number of alkyl carbamates (subject to hydrolysis) is 1.